The second-order valence-electron chi connectivity index (χ2n) is 5.14. The van der Waals surface area contributed by atoms with Gasteiger partial charge in [0, 0.05) is 22.0 Å². The van der Waals surface area contributed by atoms with E-state index in [-0.39, 0.29) is 23.3 Å². The third kappa shape index (κ3) is 4.44. The van der Waals surface area contributed by atoms with Crippen LogP contribution in [0.3, 0.4) is 0 Å². The van der Waals surface area contributed by atoms with Crippen LogP contribution >= 0.6 is 31.9 Å². The molecule has 7 heteroatoms. The van der Waals surface area contributed by atoms with Crippen LogP contribution in [0, 0.1) is 5.92 Å². The van der Waals surface area contributed by atoms with Gasteiger partial charge in [-0.2, -0.15) is 0 Å². The lowest BCUT2D eigenvalue weighted by atomic mass is 10.1. The molecule has 1 aromatic rings. The number of carbonyl (C=O) groups is 2. The number of carboxylic acids is 1. The summed E-state index contributed by atoms with van der Waals surface area (Å²) >= 11 is 6.52. The summed E-state index contributed by atoms with van der Waals surface area (Å²) in [6.07, 6.45) is 0. The molecule has 1 unspecified atom stereocenters. The van der Waals surface area contributed by atoms with Gasteiger partial charge in [0.15, 0.2) is 0 Å². The zero-order valence-corrected chi connectivity index (χ0v) is 15.4. The van der Waals surface area contributed by atoms with Crippen LogP contribution in [0.15, 0.2) is 21.1 Å². The molecular weight excluding hydrogens is 404 g/mol. The first-order valence-corrected chi connectivity index (χ1v) is 7.99. The highest BCUT2D eigenvalue weighted by atomic mass is 79.9. The molecule has 5 nitrogen and oxygen atoms in total. The maximum absolute atomic E-state index is 12.3. The lowest BCUT2D eigenvalue weighted by Crippen LogP contribution is -2.41. The fourth-order valence-corrected chi connectivity index (χ4v) is 3.02. The summed E-state index contributed by atoms with van der Waals surface area (Å²) in [5, 5.41) is 11.9. The third-order valence-corrected chi connectivity index (χ3v) is 4.50. The van der Waals surface area contributed by atoms with Gasteiger partial charge in [0.2, 0.25) is 0 Å². The van der Waals surface area contributed by atoms with Crippen LogP contribution in [0.1, 0.15) is 31.1 Å². The molecule has 0 aliphatic rings. The largest absolute Gasteiger partial charge is 0.478 e. The first kappa shape index (κ1) is 18.0. The predicted octanol–water partition coefficient (Wildman–Crippen LogP) is 4.42. The molecule has 0 saturated carbocycles. The van der Waals surface area contributed by atoms with E-state index < -0.39 is 5.97 Å². The van der Waals surface area contributed by atoms with E-state index in [0.717, 1.165) is 0 Å². The molecule has 2 N–H and O–H groups in total. The lowest BCUT2D eigenvalue weighted by Gasteiger charge is -2.28. The highest BCUT2D eigenvalue weighted by molar-refractivity contribution is 9.11. The minimum Gasteiger partial charge on any atom is -0.478 e. The maximum atomic E-state index is 12.3. The number of benzene rings is 1. The van der Waals surface area contributed by atoms with Crippen molar-refractivity contribution in [1.29, 1.82) is 0 Å². The van der Waals surface area contributed by atoms with Crippen LogP contribution in [-0.4, -0.2) is 35.1 Å². The number of urea groups is 1. The fourth-order valence-electron chi connectivity index (χ4n) is 1.70. The SMILES string of the molecule is CC(C)C(C)N(C)C(=O)Nc1c(Br)cc(Br)cc1C(=O)O. The second kappa shape index (κ2) is 7.26. The molecule has 0 aliphatic carbocycles. The van der Waals surface area contributed by atoms with Gasteiger partial charge in [0.05, 0.1) is 11.3 Å². The summed E-state index contributed by atoms with van der Waals surface area (Å²) in [5.74, 6) is -0.806. The number of amides is 2. The number of halogens is 2. The van der Waals surface area contributed by atoms with Crippen molar-refractivity contribution in [2.75, 3.05) is 12.4 Å². The number of anilines is 1. The Balaban J connectivity index is 3.08. The molecule has 1 atom stereocenters. The van der Waals surface area contributed by atoms with Gasteiger partial charge in [0.1, 0.15) is 0 Å². The Hall–Kier alpha value is -1.08. The number of hydrogen-bond donors (Lipinski definition) is 2. The molecule has 0 bridgehead atoms. The van der Waals surface area contributed by atoms with Crippen molar-refractivity contribution in [2.45, 2.75) is 26.8 Å². The number of carboxylic acid groups (broad SMARTS) is 1. The normalized spacial score (nSPS) is 12.1. The van der Waals surface area contributed by atoms with Crippen LogP contribution in [0.5, 0.6) is 0 Å². The van der Waals surface area contributed by atoms with E-state index in [1.165, 1.54) is 6.07 Å². The van der Waals surface area contributed by atoms with Gasteiger partial charge in [-0.3, -0.25) is 0 Å². The molecule has 0 heterocycles. The fraction of sp³-hybridized carbons (Fsp3) is 0.429. The van der Waals surface area contributed by atoms with Crippen LogP contribution < -0.4 is 5.32 Å². The first-order valence-electron chi connectivity index (χ1n) is 6.41. The van der Waals surface area contributed by atoms with Gasteiger partial charge < -0.3 is 15.3 Å². The van der Waals surface area contributed by atoms with E-state index in [2.05, 4.69) is 37.2 Å². The average molecular weight is 422 g/mol. The highest BCUT2D eigenvalue weighted by Gasteiger charge is 2.22. The molecule has 0 aromatic heterocycles. The van der Waals surface area contributed by atoms with Gasteiger partial charge in [0.25, 0.3) is 0 Å². The average Bonchev–Trinajstić information content (AvgIpc) is 2.39. The van der Waals surface area contributed by atoms with Crippen molar-refractivity contribution in [1.82, 2.24) is 4.90 Å². The lowest BCUT2D eigenvalue weighted by molar-refractivity contribution is 0.0698. The number of hydrogen-bond acceptors (Lipinski definition) is 2. The molecule has 1 aromatic carbocycles. The Labute approximate surface area is 141 Å². The number of aromatic carboxylic acids is 1. The standard InChI is InChI=1S/C14H18Br2N2O3/c1-7(2)8(3)18(4)14(21)17-12-10(13(19)20)5-9(15)6-11(12)16/h5-8H,1-4H3,(H,17,21)(H,19,20). The Bertz CT molecular complexity index is 561. The number of nitrogens with zero attached hydrogens (tertiary/aromatic N) is 1. The Kier molecular flexibility index (Phi) is 6.22. The third-order valence-electron chi connectivity index (χ3n) is 3.41. The van der Waals surface area contributed by atoms with E-state index in [9.17, 15) is 14.7 Å². The van der Waals surface area contributed by atoms with Crippen molar-refractivity contribution in [3.05, 3.63) is 26.6 Å². The molecule has 1 rings (SSSR count). The zero-order valence-electron chi connectivity index (χ0n) is 12.3. The molecule has 0 spiro atoms. The summed E-state index contributed by atoms with van der Waals surface area (Å²) in [5.41, 5.74) is 0.272. The number of nitrogens with one attached hydrogen (secondary N) is 1. The van der Waals surface area contributed by atoms with E-state index in [4.69, 9.17) is 0 Å². The minimum atomic E-state index is -1.10. The maximum Gasteiger partial charge on any atom is 0.337 e. The summed E-state index contributed by atoms with van der Waals surface area (Å²) in [7, 11) is 1.69. The van der Waals surface area contributed by atoms with Crippen LogP contribution in [0.2, 0.25) is 0 Å². The van der Waals surface area contributed by atoms with E-state index in [0.29, 0.717) is 14.9 Å². The molecule has 0 fully saturated rings. The molecular formula is C14H18Br2N2O3. The van der Waals surface area contributed by atoms with Gasteiger partial charge >= 0.3 is 12.0 Å². The summed E-state index contributed by atoms with van der Waals surface area (Å²) in [4.78, 5) is 25.1. The first-order chi connectivity index (χ1) is 9.65. The van der Waals surface area contributed by atoms with Crippen molar-refractivity contribution in [3.63, 3.8) is 0 Å². The van der Waals surface area contributed by atoms with E-state index in [1.54, 1.807) is 18.0 Å². The molecule has 0 radical (unpaired) electrons. The Morgan fingerprint density at radius 3 is 2.29 bits per heavy atom. The van der Waals surface area contributed by atoms with Crippen LogP contribution in [0.4, 0.5) is 10.5 Å². The second-order valence-corrected chi connectivity index (χ2v) is 6.91. The van der Waals surface area contributed by atoms with Crippen LogP contribution in [-0.2, 0) is 0 Å². The smallest absolute Gasteiger partial charge is 0.337 e. The molecule has 116 valence electrons. The van der Waals surface area contributed by atoms with Crippen molar-refractivity contribution in [3.8, 4) is 0 Å². The molecule has 21 heavy (non-hydrogen) atoms. The topological polar surface area (TPSA) is 69.6 Å². The zero-order chi connectivity index (χ0) is 16.3. The summed E-state index contributed by atoms with van der Waals surface area (Å²) in [6, 6.07) is 2.83. The summed E-state index contributed by atoms with van der Waals surface area (Å²) < 4.78 is 1.13. The monoisotopic (exact) mass is 420 g/mol. The Morgan fingerprint density at radius 2 is 1.81 bits per heavy atom. The quantitative estimate of drug-likeness (QED) is 0.755. The number of rotatable bonds is 4. The van der Waals surface area contributed by atoms with Crippen LogP contribution in [0.25, 0.3) is 0 Å². The molecule has 2 amide bonds. The van der Waals surface area contributed by atoms with E-state index >= 15 is 0 Å². The van der Waals surface area contributed by atoms with Gasteiger partial charge in [-0.1, -0.05) is 29.8 Å². The van der Waals surface area contributed by atoms with Crippen molar-refractivity contribution in [2.24, 2.45) is 5.92 Å². The van der Waals surface area contributed by atoms with Gasteiger partial charge in [-0.05, 0) is 40.9 Å². The number of carbonyl (C=O) groups excluding carboxylic acids is 1. The highest BCUT2D eigenvalue weighted by Crippen LogP contribution is 2.31. The summed E-state index contributed by atoms with van der Waals surface area (Å²) in [6.45, 7) is 5.98. The Morgan fingerprint density at radius 1 is 1.24 bits per heavy atom. The molecule has 0 aliphatic heterocycles. The van der Waals surface area contributed by atoms with E-state index in [1.807, 2.05) is 20.8 Å². The van der Waals surface area contributed by atoms with Crippen molar-refractivity contribution < 1.29 is 14.7 Å². The minimum absolute atomic E-state index is 0.0233. The molecule has 0 saturated heterocycles. The van der Waals surface area contributed by atoms with Gasteiger partial charge in [-0.25, -0.2) is 9.59 Å². The predicted molar refractivity (Wildman–Crippen MR) is 89.9 cm³/mol. The van der Waals surface area contributed by atoms with Gasteiger partial charge in [-0.15, -0.1) is 0 Å². The van der Waals surface area contributed by atoms with Crippen molar-refractivity contribution >= 4 is 49.5 Å².